The van der Waals surface area contributed by atoms with E-state index >= 15 is 0 Å². The number of aryl methyl sites for hydroxylation is 2. The van der Waals surface area contributed by atoms with Crippen LogP contribution < -0.4 is 0 Å². The van der Waals surface area contributed by atoms with Crippen LogP contribution in [0.3, 0.4) is 0 Å². The summed E-state index contributed by atoms with van der Waals surface area (Å²) in [6.45, 7) is 1.23. The molecule has 1 aliphatic heterocycles. The lowest BCUT2D eigenvalue weighted by molar-refractivity contribution is -0.117. The van der Waals surface area contributed by atoms with Gasteiger partial charge in [-0.1, -0.05) is 11.6 Å². The van der Waals surface area contributed by atoms with Crippen LogP contribution >= 0.6 is 22.9 Å². The molecule has 2 aromatic heterocycles. The summed E-state index contributed by atoms with van der Waals surface area (Å²) in [6, 6.07) is 0. The summed E-state index contributed by atoms with van der Waals surface area (Å²) in [5.41, 5.74) is 1.40. The summed E-state index contributed by atoms with van der Waals surface area (Å²) in [4.78, 5) is 22.4. The first kappa shape index (κ1) is 15.6. The van der Waals surface area contributed by atoms with E-state index in [1.165, 1.54) is 29.7 Å². The first-order valence-electron chi connectivity index (χ1n) is 7.47. The van der Waals surface area contributed by atoms with Crippen molar-refractivity contribution in [3.8, 4) is 0 Å². The van der Waals surface area contributed by atoms with Crippen LogP contribution in [0.25, 0.3) is 10.2 Å². The molecule has 1 amide bonds. The van der Waals surface area contributed by atoms with E-state index < -0.39 is 0 Å². The molecule has 118 valence electrons. The number of aliphatic hydroxyl groups excluding tert-OH is 1. The van der Waals surface area contributed by atoms with Gasteiger partial charge in [-0.15, -0.1) is 11.3 Å². The van der Waals surface area contributed by atoms with E-state index in [0.717, 1.165) is 29.5 Å². The number of hydrogen-bond acceptors (Lipinski definition) is 5. The number of halogens is 1. The number of β-amino-alcohol motifs (C(OH)–C–C–N with tert-alkyl or cyclic N) is 1. The summed E-state index contributed by atoms with van der Waals surface area (Å²) in [6.07, 6.45) is 7.67. The number of rotatable bonds is 1. The lowest BCUT2D eigenvalue weighted by Gasteiger charge is -2.10. The van der Waals surface area contributed by atoms with E-state index in [9.17, 15) is 4.79 Å². The maximum atomic E-state index is 9.97. The minimum Gasteiger partial charge on any atom is -0.391 e. The Kier molecular flexibility index (Phi) is 4.90. The fraction of sp³-hybridized carbons (Fsp3) is 0.533. The summed E-state index contributed by atoms with van der Waals surface area (Å²) < 4.78 is 0. The van der Waals surface area contributed by atoms with Crippen LogP contribution in [0.15, 0.2) is 6.33 Å². The van der Waals surface area contributed by atoms with Gasteiger partial charge >= 0.3 is 0 Å². The molecule has 1 aliphatic carbocycles. The minimum absolute atomic E-state index is 0.278. The Morgan fingerprint density at radius 3 is 2.86 bits per heavy atom. The third-order valence-corrected chi connectivity index (χ3v) is 5.54. The Labute approximate surface area is 137 Å². The van der Waals surface area contributed by atoms with Gasteiger partial charge in [0.2, 0.25) is 6.41 Å². The van der Waals surface area contributed by atoms with Crippen LogP contribution in [0.2, 0.25) is 5.15 Å². The van der Waals surface area contributed by atoms with Crippen molar-refractivity contribution in [2.24, 2.45) is 0 Å². The number of thiophene rings is 1. The number of fused-ring (bicyclic) bond motifs is 3. The predicted octanol–water partition coefficient (Wildman–Crippen LogP) is 2.43. The average Bonchev–Trinajstić information content (AvgIpc) is 3.11. The molecule has 0 radical (unpaired) electrons. The number of carbonyl (C=O) groups is 1. The highest BCUT2D eigenvalue weighted by molar-refractivity contribution is 7.19. The largest absolute Gasteiger partial charge is 0.391 e. The molecule has 0 saturated carbocycles. The Balaban J connectivity index is 0.000000154. The second-order valence-corrected chi connectivity index (χ2v) is 7.04. The van der Waals surface area contributed by atoms with Gasteiger partial charge in [0.1, 0.15) is 16.3 Å². The summed E-state index contributed by atoms with van der Waals surface area (Å²) in [5.74, 6) is 0. The second-order valence-electron chi connectivity index (χ2n) is 5.60. The van der Waals surface area contributed by atoms with Crippen LogP contribution in [0.5, 0.6) is 0 Å². The van der Waals surface area contributed by atoms with Gasteiger partial charge in [-0.25, -0.2) is 9.97 Å². The zero-order valence-electron chi connectivity index (χ0n) is 12.2. The molecule has 22 heavy (non-hydrogen) atoms. The third kappa shape index (κ3) is 3.24. The van der Waals surface area contributed by atoms with E-state index in [1.54, 1.807) is 22.6 Å². The number of aliphatic hydroxyl groups is 1. The van der Waals surface area contributed by atoms with Gasteiger partial charge in [-0.2, -0.15) is 0 Å². The number of nitrogens with zero attached hydrogens (tertiary/aromatic N) is 3. The molecule has 1 N–H and O–H groups in total. The van der Waals surface area contributed by atoms with Crippen molar-refractivity contribution in [3.63, 3.8) is 0 Å². The van der Waals surface area contributed by atoms with E-state index in [2.05, 4.69) is 9.97 Å². The molecular weight excluding hydrogens is 322 g/mol. The zero-order valence-corrected chi connectivity index (χ0v) is 13.7. The van der Waals surface area contributed by atoms with Crippen molar-refractivity contribution in [1.82, 2.24) is 14.9 Å². The molecule has 3 heterocycles. The Bertz CT molecular complexity index is 676. The molecule has 0 spiro atoms. The van der Waals surface area contributed by atoms with Crippen LogP contribution in [-0.2, 0) is 17.6 Å². The van der Waals surface area contributed by atoms with Crippen molar-refractivity contribution in [2.75, 3.05) is 13.1 Å². The molecule has 0 bridgehead atoms. The average molecular weight is 340 g/mol. The van der Waals surface area contributed by atoms with Crippen molar-refractivity contribution in [1.29, 1.82) is 0 Å². The molecule has 2 aliphatic rings. The number of hydrogen-bond donors (Lipinski definition) is 1. The minimum atomic E-state index is -0.278. The van der Waals surface area contributed by atoms with Crippen molar-refractivity contribution < 1.29 is 9.90 Å². The van der Waals surface area contributed by atoms with Crippen LogP contribution in [-0.4, -0.2) is 45.6 Å². The van der Waals surface area contributed by atoms with Crippen molar-refractivity contribution >= 4 is 39.6 Å². The fourth-order valence-electron chi connectivity index (χ4n) is 2.92. The standard InChI is InChI=1S/C10H9ClN2S.C5H9NO2/c11-9-8-6-3-1-2-4-7(6)14-10(8)13-5-12-9;7-4-6-2-1-5(8)3-6/h5H,1-4H2;4-5,8H,1-3H2. The third-order valence-electron chi connectivity index (χ3n) is 4.05. The lowest BCUT2D eigenvalue weighted by Crippen LogP contribution is -2.19. The fourth-order valence-corrected chi connectivity index (χ4v) is 4.45. The molecule has 1 atom stereocenters. The van der Waals surface area contributed by atoms with E-state index in [1.807, 2.05) is 0 Å². The first-order chi connectivity index (χ1) is 10.7. The van der Waals surface area contributed by atoms with Gasteiger partial charge in [0.25, 0.3) is 0 Å². The van der Waals surface area contributed by atoms with Gasteiger partial charge in [0, 0.05) is 18.0 Å². The highest BCUT2D eigenvalue weighted by Gasteiger charge is 2.19. The molecule has 2 aromatic rings. The lowest BCUT2D eigenvalue weighted by atomic mass is 9.97. The SMILES string of the molecule is Clc1ncnc2sc3c(c12)CCCC3.O=CN1CCC(O)C1. The van der Waals surface area contributed by atoms with Gasteiger partial charge < -0.3 is 10.0 Å². The number of carbonyl (C=O) groups excluding carboxylic acids is 1. The molecule has 5 nitrogen and oxygen atoms in total. The normalized spacial score (nSPS) is 20.5. The van der Waals surface area contributed by atoms with Gasteiger partial charge in [-0.05, 0) is 37.7 Å². The van der Waals surface area contributed by atoms with E-state index in [4.69, 9.17) is 16.7 Å². The number of aromatic nitrogens is 2. The number of amides is 1. The predicted molar refractivity (Wildman–Crippen MR) is 87.3 cm³/mol. The topological polar surface area (TPSA) is 66.3 Å². The second kappa shape index (κ2) is 6.89. The molecule has 1 unspecified atom stereocenters. The maximum absolute atomic E-state index is 9.97. The van der Waals surface area contributed by atoms with Crippen LogP contribution in [0.1, 0.15) is 29.7 Å². The highest BCUT2D eigenvalue weighted by Crippen LogP contribution is 2.37. The smallest absolute Gasteiger partial charge is 0.209 e. The van der Waals surface area contributed by atoms with E-state index in [-0.39, 0.29) is 6.10 Å². The van der Waals surface area contributed by atoms with Gasteiger partial charge in [0.15, 0.2) is 0 Å². The Hall–Kier alpha value is -1.24. The van der Waals surface area contributed by atoms with Gasteiger partial charge in [0.05, 0.1) is 11.5 Å². The molecule has 1 saturated heterocycles. The van der Waals surface area contributed by atoms with Crippen LogP contribution in [0, 0.1) is 0 Å². The molecule has 7 heteroatoms. The first-order valence-corrected chi connectivity index (χ1v) is 8.66. The zero-order chi connectivity index (χ0) is 15.5. The summed E-state index contributed by atoms with van der Waals surface area (Å²) in [7, 11) is 0. The molecule has 1 fully saturated rings. The maximum Gasteiger partial charge on any atom is 0.209 e. The number of likely N-dealkylation sites (tertiary alicyclic amines) is 1. The highest BCUT2D eigenvalue weighted by atomic mass is 35.5. The molecular formula is C15H18ClN3O2S. The van der Waals surface area contributed by atoms with Gasteiger partial charge in [-0.3, -0.25) is 4.79 Å². The quantitative estimate of drug-likeness (QED) is 0.640. The van der Waals surface area contributed by atoms with Crippen molar-refractivity contribution in [2.45, 2.75) is 38.2 Å². The monoisotopic (exact) mass is 339 g/mol. The van der Waals surface area contributed by atoms with Crippen LogP contribution in [0.4, 0.5) is 0 Å². The Morgan fingerprint density at radius 2 is 2.18 bits per heavy atom. The summed E-state index contributed by atoms with van der Waals surface area (Å²) >= 11 is 7.87. The van der Waals surface area contributed by atoms with E-state index in [0.29, 0.717) is 18.2 Å². The van der Waals surface area contributed by atoms with Crippen molar-refractivity contribution in [3.05, 3.63) is 21.9 Å². The summed E-state index contributed by atoms with van der Waals surface area (Å²) in [5, 5.41) is 10.6. The Morgan fingerprint density at radius 1 is 1.36 bits per heavy atom. The molecule has 0 aromatic carbocycles. The molecule has 4 rings (SSSR count).